The first kappa shape index (κ1) is 26.1. The molecule has 0 aliphatic carbocycles. The minimum absolute atomic E-state index is 0.0287. The van der Waals surface area contributed by atoms with Crippen LogP contribution in [0.5, 0.6) is 11.5 Å². The molecule has 0 saturated carbocycles. The van der Waals surface area contributed by atoms with Gasteiger partial charge in [-0.05, 0) is 53.6 Å². The lowest BCUT2D eigenvalue weighted by Gasteiger charge is -2.34. The molecule has 2 amide bonds. The van der Waals surface area contributed by atoms with Gasteiger partial charge in [-0.1, -0.05) is 54.6 Å². The van der Waals surface area contributed by atoms with Gasteiger partial charge in [-0.15, -0.1) is 0 Å². The Morgan fingerprint density at radius 2 is 1.50 bits per heavy atom. The molecule has 8 heteroatoms. The number of anilines is 1. The molecule has 0 radical (unpaired) electrons. The average molecular weight is 561 g/mol. The predicted octanol–water partition coefficient (Wildman–Crippen LogP) is 5.14. The molecule has 7 rings (SSSR count). The molecule has 4 aromatic rings. The monoisotopic (exact) mass is 560 g/mol. The highest BCUT2D eigenvalue weighted by Gasteiger charge is 2.36. The molecule has 4 aromatic carbocycles. The zero-order valence-corrected chi connectivity index (χ0v) is 23.2. The second-order valence-electron chi connectivity index (χ2n) is 10.9. The Morgan fingerprint density at radius 1 is 0.762 bits per heavy atom. The Balaban J connectivity index is 1.02. The summed E-state index contributed by atoms with van der Waals surface area (Å²) in [5.74, 6) is 1.43. The van der Waals surface area contributed by atoms with E-state index in [0.717, 1.165) is 36.4 Å². The standard InChI is InChI=1S/C34H32N4O4/c39-33(37-18-16-36(17-19-37)21-24-6-2-1-3-7-24)26-11-13-27(14-12-26)35-32-28-8-4-5-9-29(28)34(40)38(32)22-25-10-15-30-31(20-25)42-23-41-30/h1-15,20,32,35H,16-19,21-23H2. The normalized spacial score (nSPS) is 17.8. The van der Waals surface area contributed by atoms with Gasteiger partial charge in [0.1, 0.15) is 6.17 Å². The van der Waals surface area contributed by atoms with Crippen molar-refractivity contribution >= 4 is 17.5 Å². The number of rotatable bonds is 7. The second kappa shape index (κ2) is 11.2. The van der Waals surface area contributed by atoms with E-state index >= 15 is 0 Å². The van der Waals surface area contributed by atoms with Crippen LogP contribution in [0.25, 0.3) is 0 Å². The molecule has 1 fully saturated rings. The average Bonchev–Trinajstić information content (AvgIpc) is 3.61. The number of carbonyl (C=O) groups excluding carboxylic acids is 2. The fraction of sp³-hybridized carbons (Fsp3) is 0.235. The molecule has 1 saturated heterocycles. The first-order valence-electron chi connectivity index (χ1n) is 14.3. The summed E-state index contributed by atoms with van der Waals surface area (Å²) < 4.78 is 11.0. The maximum Gasteiger partial charge on any atom is 0.256 e. The van der Waals surface area contributed by atoms with Gasteiger partial charge in [-0.2, -0.15) is 0 Å². The molecule has 3 aliphatic rings. The van der Waals surface area contributed by atoms with Crippen molar-refractivity contribution in [3.05, 3.63) is 125 Å². The van der Waals surface area contributed by atoms with Crippen LogP contribution in [0.3, 0.4) is 0 Å². The fourth-order valence-electron chi connectivity index (χ4n) is 5.92. The summed E-state index contributed by atoms with van der Waals surface area (Å²) in [7, 11) is 0. The number of fused-ring (bicyclic) bond motifs is 2. The van der Waals surface area contributed by atoms with Crippen molar-refractivity contribution in [2.24, 2.45) is 0 Å². The van der Waals surface area contributed by atoms with Gasteiger partial charge in [0.2, 0.25) is 6.79 Å². The number of nitrogens with zero attached hydrogens (tertiary/aromatic N) is 3. The van der Waals surface area contributed by atoms with Crippen molar-refractivity contribution < 1.29 is 19.1 Å². The highest BCUT2D eigenvalue weighted by molar-refractivity contribution is 5.99. The molecule has 42 heavy (non-hydrogen) atoms. The van der Waals surface area contributed by atoms with Gasteiger partial charge < -0.3 is 24.6 Å². The highest BCUT2D eigenvalue weighted by atomic mass is 16.7. The molecule has 1 unspecified atom stereocenters. The number of benzene rings is 4. The van der Waals surface area contributed by atoms with Crippen LogP contribution in [-0.2, 0) is 13.1 Å². The summed E-state index contributed by atoms with van der Waals surface area (Å²) in [6.07, 6.45) is -0.349. The Hall–Kier alpha value is -4.82. The lowest BCUT2D eigenvalue weighted by molar-refractivity contribution is 0.0628. The number of hydrogen-bond acceptors (Lipinski definition) is 6. The van der Waals surface area contributed by atoms with Gasteiger partial charge in [0.25, 0.3) is 11.8 Å². The molecular formula is C34H32N4O4. The van der Waals surface area contributed by atoms with E-state index in [0.29, 0.717) is 42.3 Å². The Morgan fingerprint density at radius 3 is 2.31 bits per heavy atom. The molecule has 0 aromatic heterocycles. The number of nitrogens with one attached hydrogen (secondary N) is 1. The molecule has 8 nitrogen and oxygen atoms in total. The van der Waals surface area contributed by atoms with Gasteiger partial charge in [-0.3, -0.25) is 14.5 Å². The second-order valence-corrected chi connectivity index (χ2v) is 10.9. The molecule has 0 spiro atoms. The quantitative estimate of drug-likeness (QED) is 0.338. The van der Waals surface area contributed by atoms with E-state index in [1.807, 2.05) is 82.6 Å². The van der Waals surface area contributed by atoms with Gasteiger partial charge in [0.05, 0.1) is 0 Å². The van der Waals surface area contributed by atoms with Crippen LogP contribution in [0.1, 0.15) is 43.6 Å². The minimum atomic E-state index is -0.349. The van der Waals surface area contributed by atoms with Gasteiger partial charge >= 0.3 is 0 Å². The lowest BCUT2D eigenvalue weighted by atomic mass is 10.1. The van der Waals surface area contributed by atoms with Crippen LogP contribution in [-0.4, -0.2) is 59.5 Å². The van der Waals surface area contributed by atoms with Gasteiger partial charge in [-0.25, -0.2) is 0 Å². The third kappa shape index (κ3) is 5.17. The van der Waals surface area contributed by atoms with Crippen LogP contribution in [0.4, 0.5) is 5.69 Å². The number of hydrogen-bond donors (Lipinski definition) is 1. The number of amides is 2. The van der Waals surface area contributed by atoms with Crippen molar-refractivity contribution in [2.75, 3.05) is 38.3 Å². The summed E-state index contributed by atoms with van der Waals surface area (Å²) in [4.78, 5) is 32.9. The Kier molecular flexibility index (Phi) is 6.97. The summed E-state index contributed by atoms with van der Waals surface area (Å²) in [5.41, 5.74) is 5.37. The minimum Gasteiger partial charge on any atom is -0.454 e. The Bertz CT molecular complexity index is 1600. The number of carbonyl (C=O) groups is 2. The van der Waals surface area contributed by atoms with E-state index in [9.17, 15) is 9.59 Å². The van der Waals surface area contributed by atoms with Crippen LogP contribution < -0.4 is 14.8 Å². The van der Waals surface area contributed by atoms with Gasteiger partial charge in [0.15, 0.2) is 11.5 Å². The topological polar surface area (TPSA) is 74.3 Å². The van der Waals surface area contributed by atoms with E-state index in [2.05, 4.69) is 34.5 Å². The molecule has 1 N–H and O–H groups in total. The summed E-state index contributed by atoms with van der Waals surface area (Å²) in [6, 6.07) is 31.5. The molecule has 3 aliphatic heterocycles. The third-order valence-corrected chi connectivity index (χ3v) is 8.19. The van der Waals surface area contributed by atoms with E-state index < -0.39 is 0 Å². The van der Waals surface area contributed by atoms with Crippen molar-refractivity contribution in [3.63, 3.8) is 0 Å². The molecule has 0 bridgehead atoms. The maximum absolute atomic E-state index is 13.5. The van der Waals surface area contributed by atoms with Crippen molar-refractivity contribution in [2.45, 2.75) is 19.3 Å². The van der Waals surface area contributed by atoms with Crippen molar-refractivity contribution in [1.82, 2.24) is 14.7 Å². The zero-order chi connectivity index (χ0) is 28.5. The van der Waals surface area contributed by atoms with E-state index in [1.54, 1.807) is 0 Å². The smallest absolute Gasteiger partial charge is 0.256 e. The SMILES string of the molecule is O=C(c1ccc(NC2c3ccccc3C(=O)N2Cc2ccc3c(c2)OCO3)cc1)N1CCN(Cc2ccccc2)CC1. The highest BCUT2D eigenvalue weighted by Crippen LogP contribution is 2.38. The molecule has 1 atom stereocenters. The van der Waals surface area contributed by atoms with Crippen molar-refractivity contribution in [3.8, 4) is 11.5 Å². The molecule has 212 valence electrons. The fourth-order valence-corrected chi connectivity index (χ4v) is 5.92. The first-order chi connectivity index (χ1) is 20.6. The van der Waals surface area contributed by atoms with Crippen LogP contribution >= 0.6 is 0 Å². The molecular weight excluding hydrogens is 528 g/mol. The van der Waals surface area contributed by atoms with Crippen LogP contribution in [0.2, 0.25) is 0 Å². The van der Waals surface area contributed by atoms with Crippen LogP contribution in [0, 0.1) is 0 Å². The summed E-state index contributed by atoms with van der Waals surface area (Å²) in [6.45, 7) is 4.66. The van der Waals surface area contributed by atoms with E-state index in [1.165, 1.54) is 5.56 Å². The third-order valence-electron chi connectivity index (χ3n) is 8.19. The molecule has 3 heterocycles. The number of piperazine rings is 1. The largest absolute Gasteiger partial charge is 0.454 e. The Labute approximate surface area is 245 Å². The maximum atomic E-state index is 13.5. The first-order valence-corrected chi connectivity index (χ1v) is 14.3. The van der Waals surface area contributed by atoms with Crippen molar-refractivity contribution in [1.29, 1.82) is 0 Å². The zero-order valence-electron chi connectivity index (χ0n) is 23.2. The predicted molar refractivity (Wildman–Crippen MR) is 159 cm³/mol. The van der Waals surface area contributed by atoms with Crippen LogP contribution in [0.15, 0.2) is 97.1 Å². The summed E-state index contributed by atoms with van der Waals surface area (Å²) in [5, 5.41) is 3.54. The van der Waals surface area contributed by atoms with Gasteiger partial charge in [0, 0.05) is 61.6 Å². The van der Waals surface area contributed by atoms with E-state index in [4.69, 9.17) is 9.47 Å². The number of ether oxygens (including phenoxy) is 2. The summed E-state index contributed by atoms with van der Waals surface area (Å²) >= 11 is 0. The van der Waals surface area contributed by atoms with E-state index in [-0.39, 0.29) is 24.8 Å². The lowest BCUT2D eigenvalue weighted by Crippen LogP contribution is -2.48.